The van der Waals surface area contributed by atoms with E-state index in [1.807, 2.05) is 0 Å². The number of nitrogens with one attached hydrogen (secondary N) is 1. The van der Waals surface area contributed by atoms with Crippen LogP contribution in [0.15, 0.2) is 54.5 Å². The second-order valence-electron chi connectivity index (χ2n) is 6.70. The first-order valence-corrected chi connectivity index (χ1v) is 9.24. The van der Waals surface area contributed by atoms with Crippen molar-refractivity contribution in [1.29, 1.82) is 0 Å². The first kappa shape index (κ1) is 19.4. The number of rotatable bonds is 4. The highest BCUT2D eigenvalue weighted by Crippen LogP contribution is 2.29. The molecule has 4 rings (SSSR count). The lowest BCUT2D eigenvalue weighted by molar-refractivity contribution is -0.153. The highest BCUT2D eigenvalue weighted by molar-refractivity contribution is 6.28. The summed E-state index contributed by atoms with van der Waals surface area (Å²) < 4.78 is 15.2. The molecule has 0 saturated heterocycles. The van der Waals surface area contributed by atoms with Crippen molar-refractivity contribution in [3.05, 3.63) is 76.7 Å². The van der Waals surface area contributed by atoms with Crippen LogP contribution in [0, 0.1) is 0 Å². The highest BCUT2D eigenvalue weighted by Gasteiger charge is 2.30. The van der Waals surface area contributed by atoms with E-state index in [2.05, 4.69) is 5.32 Å². The van der Waals surface area contributed by atoms with Gasteiger partial charge in [0.1, 0.15) is 19.5 Å². The molecule has 0 saturated carbocycles. The van der Waals surface area contributed by atoms with Gasteiger partial charge in [-0.15, -0.1) is 0 Å². The minimum Gasteiger partial charge on any atom is -0.493 e. The van der Waals surface area contributed by atoms with E-state index in [0.29, 0.717) is 23.4 Å². The van der Waals surface area contributed by atoms with Gasteiger partial charge in [0.25, 0.3) is 5.91 Å². The molecule has 1 heterocycles. The minimum absolute atomic E-state index is 0.113. The molecule has 1 amide bonds. The lowest BCUT2D eigenvalue weighted by Gasteiger charge is -2.19. The molecule has 0 aromatic heterocycles. The topological polar surface area (TPSA) is 108 Å². The third-order valence-corrected chi connectivity index (χ3v) is 4.70. The highest BCUT2D eigenvalue weighted by atomic mass is 16.6. The molecule has 8 heteroatoms. The maximum Gasteiger partial charge on any atom is 0.377 e. The van der Waals surface area contributed by atoms with Gasteiger partial charge in [-0.05, 0) is 25.1 Å². The zero-order valence-electron chi connectivity index (χ0n) is 16.0. The molecule has 2 aliphatic rings. The number of ether oxygens (including phenoxy) is 3. The smallest absolute Gasteiger partial charge is 0.377 e. The largest absolute Gasteiger partial charge is 0.493 e. The van der Waals surface area contributed by atoms with E-state index in [0.717, 1.165) is 6.26 Å². The molecule has 1 aliphatic heterocycles. The van der Waals surface area contributed by atoms with Crippen molar-refractivity contribution in [1.82, 2.24) is 0 Å². The number of benzene rings is 2. The van der Waals surface area contributed by atoms with Crippen molar-refractivity contribution in [3.8, 4) is 0 Å². The summed E-state index contributed by atoms with van der Waals surface area (Å²) in [6.45, 7) is 1.95. The lowest BCUT2D eigenvalue weighted by atomic mass is 9.84. The second kappa shape index (κ2) is 7.82. The third-order valence-electron chi connectivity index (χ3n) is 4.70. The molecular weight excluding hydrogens is 390 g/mol. The van der Waals surface area contributed by atoms with Gasteiger partial charge in [0.2, 0.25) is 5.76 Å². The number of fused-ring (bicyclic) bond motifs is 2. The predicted octanol–water partition coefficient (Wildman–Crippen LogP) is 2.22. The Hall–Kier alpha value is -3.94. The monoisotopic (exact) mass is 407 g/mol. The molecule has 2 aromatic rings. The number of carbonyl (C=O) groups is 4. The maximum atomic E-state index is 12.8. The number of hydrogen-bond acceptors (Lipinski definition) is 7. The van der Waals surface area contributed by atoms with Crippen LogP contribution in [0.3, 0.4) is 0 Å². The zero-order chi connectivity index (χ0) is 21.3. The van der Waals surface area contributed by atoms with Crippen LogP contribution in [0.1, 0.15) is 38.8 Å². The van der Waals surface area contributed by atoms with Crippen molar-refractivity contribution < 1.29 is 33.4 Å². The number of esters is 1. The standard InChI is InChI=1S/C22H17NO7/c1-12(30-22(27)18-11-28-8-9-29-18)21(26)23-13-6-7-16-17(10-13)20(25)15-5-3-2-4-14(15)19(16)24/h2-7,10-12H,8-9H2,1H3,(H,23,26)/t12-/m0/s1. The minimum atomic E-state index is -1.13. The van der Waals surface area contributed by atoms with E-state index in [-0.39, 0.29) is 35.1 Å². The Morgan fingerprint density at radius 3 is 2.30 bits per heavy atom. The fourth-order valence-electron chi connectivity index (χ4n) is 3.17. The van der Waals surface area contributed by atoms with Gasteiger partial charge in [0, 0.05) is 27.9 Å². The molecular formula is C22H17NO7. The van der Waals surface area contributed by atoms with Gasteiger partial charge >= 0.3 is 5.97 Å². The Labute approximate surface area is 171 Å². The van der Waals surface area contributed by atoms with Gasteiger partial charge in [-0.3, -0.25) is 14.4 Å². The summed E-state index contributed by atoms with van der Waals surface area (Å²) in [6.07, 6.45) is 0.0125. The van der Waals surface area contributed by atoms with E-state index < -0.39 is 18.0 Å². The van der Waals surface area contributed by atoms with Crippen LogP contribution in [0.2, 0.25) is 0 Å². The summed E-state index contributed by atoms with van der Waals surface area (Å²) in [5, 5.41) is 2.59. The van der Waals surface area contributed by atoms with Crippen LogP contribution in [0.5, 0.6) is 0 Å². The molecule has 1 atom stereocenters. The summed E-state index contributed by atoms with van der Waals surface area (Å²) in [6, 6.07) is 11.1. The average molecular weight is 407 g/mol. The van der Waals surface area contributed by atoms with Gasteiger partial charge in [-0.25, -0.2) is 4.79 Å². The normalized spacial score (nSPS) is 15.6. The van der Waals surface area contributed by atoms with E-state index in [4.69, 9.17) is 14.2 Å². The van der Waals surface area contributed by atoms with Gasteiger partial charge in [0.15, 0.2) is 17.7 Å². The number of hydrogen-bond donors (Lipinski definition) is 1. The number of amides is 1. The molecule has 0 bridgehead atoms. The summed E-state index contributed by atoms with van der Waals surface area (Å²) in [7, 11) is 0. The quantitative estimate of drug-likeness (QED) is 0.661. The van der Waals surface area contributed by atoms with E-state index in [1.54, 1.807) is 24.3 Å². The molecule has 30 heavy (non-hydrogen) atoms. The summed E-state index contributed by atoms with van der Waals surface area (Å²) >= 11 is 0. The lowest BCUT2D eigenvalue weighted by Crippen LogP contribution is -2.31. The van der Waals surface area contributed by atoms with Crippen molar-refractivity contribution >= 4 is 29.1 Å². The van der Waals surface area contributed by atoms with Gasteiger partial charge in [-0.1, -0.05) is 24.3 Å². The maximum absolute atomic E-state index is 12.8. The summed E-state index contributed by atoms with van der Waals surface area (Å²) in [5.74, 6) is -2.08. The zero-order valence-corrected chi connectivity index (χ0v) is 16.0. The van der Waals surface area contributed by atoms with Crippen LogP contribution >= 0.6 is 0 Å². The second-order valence-corrected chi connectivity index (χ2v) is 6.70. The van der Waals surface area contributed by atoms with Crippen LogP contribution in [0.25, 0.3) is 0 Å². The van der Waals surface area contributed by atoms with Crippen molar-refractivity contribution in [2.75, 3.05) is 18.5 Å². The first-order chi connectivity index (χ1) is 14.5. The van der Waals surface area contributed by atoms with Gasteiger partial charge in [-0.2, -0.15) is 0 Å². The van der Waals surface area contributed by atoms with Crippen LogP contribution in [-0.4, -0.2) is 42.8 Å². The molecule has 8 nitrogen and oxygen atoms in total. The van der Waals surface area contributed by atoms with Gasteiger partial charge < -0.3 is 19.5 Å². The van der Waals surface area contributed by atoms with Crippen LogP contribution in [0.4, 0.5) is 5.69 Å². The van der Waals surface area contributed by atoms with Crippen molar-refractivity contribution in [2.45, 2.75) is 13.0 Å². The Morgan fingerprint density at radius 2 is 1.63 bits per heavy atom. The Bertz CT molecular complexity index is 1100. The molecule has 1 aliphatic carbocycles. The molecule has 0 fully saturated rings. The number of carbonyl (C=O) groups excluding carboxylic acids is 4. The van der Waals surface area contributed by atoms with E-state index in [9.17, 15) is 19.2 Å². The average Bonchev–Trinajstić information content (AvgIpc) is 2.78. The number of anilines is 1. The summed E-state index contributed by atoms with van der Waals surface area (Å²) in [5.41, 5.74) is 1.47. The molecule has 2 aromatic carbocycles. The first-order valence-electron chi connectivity index (χ1n) is 9.24. The molecule has 0 radical (unpaired) electrons. The van der Waals surface area contributed by atoms with E-state index >= 15 is 0 Å². The fraction of sp³-hybridized carbons (Fsp3) is 0.182. The van der Waals surface area contributed by atoms with E-state index in [1.165, 1.54) is 25.1 Å². The van der Waals surface area contributed by atoms with Crippen molar-refractivity contribution in [2.24, 2.45) is 0 Å². The third kappa shape index (κ3) is 3.55. The fourth-order valence-corrected chi connectivity index (χ4v) is 3.17. The Kier molecular flexibility index (Phi) is 5.05. The molecule has 0 unspecified atom stereocenters. The summed E-state index contributed by atoms with van der Waals surface area (Å²) in [4.78, 5) is 49.8. The van der Waals surface area contributed by atoms with Gasteiger partial charge in [0.05, 0.1) is 0 Å². The number of ketones is 2. The Balaban J connectivity index is 1.48. The van der Waals surface area contributed by atoms with Crippen LogP contribution < -0.4 is 5.32 Å². The molecule has 1 N–H and O–H groups in total. The molecule has 0 spiro atoms. The SMILES string of the molecule is C[C@H](OC(=O)C1=COCCO1)C(=O)Nc1ccc2c(c1)C(=O)c1ccccc1C2=O. The van der Waals surface area contributed by atoms with Crippen LogP contribution in [-0.2, 0) is 23.8 Å². The Morgan fingerprint density at radius 1 is 0.967 bits per heavy atom. The van der Waals surface area contributed by atoms with Crippen molar-refractivity contribution in [3.63, 3.8) is 0 Å². The predicted molar refractivity (Wildman–Crippen MR) is 104 cm³/mol. The molecule has 152 valence electrons.